The van der Waals surface area contributed by atoms with Gasteiger partial charge in [-0.05, 0) is 44.3 Å². The lowest BCUT2D eigenvalue weighted by molar-refractivity contribution is 0.0367. The van der Waals surface area contributed by atoms with Crippen LogP contribution in [0.4, 0.5) is 0 Å². The molecule has 0 bridgehead atoms. The van der Waals surface area contributed by atoms with Crippen molar-refractivity contribution in [3.8, 4) is 11.8 Å². The van der Waals surface area contributed by atoms with Crippen LogP contribution in [0.2, 0.25) is 0 Å². The first-order valence-corrected chi connectivity index (χ1v) is 8.29. The minimum Gasteiger partial charge on any atom is -0.373 e. The number of benzene rings is 1. The van der Waals surface area contributed by atoms with Gasteiger partial charge in [0.05, 0.1) is 6.54 Å². The number of hydrogen-bond donors (Lipinski definition) is 1. The third kappa shape index (κ3) is 3.31. The number of likely N-dealkylation sites (tertiary alicyclic amines) is 1. The summed E-state index contributed by atoms with van der Waals surface area (Å²) >= 11 is 0. The van der Waals surface area contributed by atoms with Crippen LogP contribution in [0.5, 0.6) is 0 Å². The molecule has 0 radical (unpaired) electrons. The summed E-state index contributed by atoms with van der Waals surface area (Å²) < 4.78 is 0. The smallest absolute Gasteiger partial charge is 0.153 e. The molecular formula is C19H25NO. The van der Waals surface area contributed by atoms with Gasteiger partial charge in [-0.1, -0.05) is 55.0 Å². The van der Waals surface area contributed by atoms with Crippen LogP contribution in [0.15, 0.2) is 30.3 Å². The summed E-state index contributed by atoms with van der Waals surface area (Å²) in [5.41, 5.74) is 0.00289. The Morgan fingerprint density at radius 3 is 2.38 bits per heavy atom. The third-order valence-corrected chi connectivity index (χ3v) is 4.94. The van der Waals surface area contributed by atoms with Crippen molar-refractivity contribution in [1.82, 2.24) is 4.90 Å². The van der Waals surface area contributed by atoms with Crippen LogP contribution in [0.25, 0.3) is 0 Å². The summed E-state index contributed by atoms with van der Waals surface area (Å²) in [5, 5.41) is 11.3. The van der Waals surface area contributed by atoms with Gasteiger partial charge in [-0.15, -0.1) is 0 Å². The lowest BCUT2D eigenvalue weighted by Gasteiger charge is -2.29. The molecule has 1 aromatic rings. The molecule has 2 fully saturated rings. The lowest BCUT2D eigenvalue weighted by Crippen LogP contribution is -2.32. The first kappa shape index (κ1) is 14.6. The van der Waals surface area contributed by atoms with Crippen LogP contribution < -0.4 is 0 Å². The highest BCUT2D eigenvalue weighted by molar-refractivity contribution is 5.33. The summed E-state index contributed by atoms with van der Waals surface area (Å²) in [6.45, 7) is 3.10. The molecule has 0 amide bonds. The largest absolute Gasteiger partial charge is 0.373 e. The summed E-state index contributed by atoms with van der Waals surface area (Å²) in [6, 6.07) is 10.0. The number of nitrogens with zero attached hydrogens (tertiary/aromatic N) is 1. The monoisotopic (exact) mass is 283 g/mol. The zero-order valence-electron chi connectivity index (χ0n) is 12.7. The predicted octanol–water partition coefficient (Wildman–Crippen LogP) is 3.16. The van der Waals surface area contributed by atoms with Gasteiger partial charge in [0.15, 0.2) is 5.60 Å². The summed E-state index contributed by atoms with van der Waals surface area (Å²) in [6.07, 6.45) is 7.18. The molecule has 1 atom stereocenters. The third-order valence-electron chi connectivity index (χ3n) is 4.94. The molecule has 1 aliphatic heterocycles. The van der Waals surface area contributed by atoms with Crippen LogP contribution in [-0.4, -0.2) is 29.6 Å². The molecule has 0 aromatic heterocycles. The van der Waals surface area contributed by atoms with Crippen molar-refractivity contribution in [3.63, 3.8) is 0 Å². The lowest BCUT2D eigenvalue weighted by atomic mass is 9.80. The summed E-state index contributed by atoms with van der Waals surface area (Å²) in [4.78, 5) is 2.38. The molecule has 1 aliphatic carbocycles. The van der Waals surface area contributed by atoms with E-state index in [-0.39, 0.29) is 5.92 Å². The maximum atomic E-state index is 11.3. The Labute approximate surface area is 128 Å². The fourth-order valence-electron chi connectivity index (χ4n) is 3.67. The van der Waals surface area contributed by atoms with Crippen LogP contribution in [0.1, 0.15) is 44.1 Å². The van der Waals surface area contributed by atoms with E-state index in [0.29, 0.717) is 0 Å². The Bertz CT molecular complexity index is 503. The molecule has 2 nitrogen and oxygen atoms in total. The van der Waals surface area contributed by atoms with E-state index < -0.39 is 5.60 Å². The van der Waals surface area contributed by atoms with Crippen LogP contribution in [-0.2, 0) is 5.60 Å². The number of rotatable bonds is 3. The molecule has 2 aliphatic rings. The molecule has 1 saturated carbocycles. The maximum Gasteiger partial charge on any atom is 0.153 e. The second-order valence-corrected chi connectivity index (χ2v) is 6.40. The highest BCUT2D eigenvalue weighted by atomic mass is 16.3. The Kier molecular flexibility index (Phi) is 4.63. The van der Waals surface area contributed by atoms with Crippen molar-refractivity contribution in [1.29, 1.82) is 0 Å². The molecule has 1 unspecified atom stereocenters. The zero-order valence-corrected chi connectivity index (χ0v) is 12.7. The van der Waals surface area contributed by atoms with Crippen molar-refractivity contribution >= 4 is 0 Å². The maximum absolute atomic E-state index is 11.3. The summed E-state index contributed by atoms with van der Waals surface area (Å²) in [7, 11) is 0. The van der Waals surface area contributed by atoms with Crippen LogP contribution in [0.3, 0.4) is 0 Å². The minimum absolute atomic E-state index is 0.283. The van der Waals surface area contributed by atoms with Crippen molar-refractivity contribution < 1.29 is 5.11 Å². The second kappa shape index (κ2) is 6.64. The van der Waals surface area contributed by atoms with Gasteiger partial charge in [0.25, 0.3) is 0 Å². The van der Waals surface area contributed by atoms with Gasteiger partial charge >= 0.3 is 0 Å². The molecular weight excluding hydrogens is 258 g/mol. The standard InChI is InChI=1S/C19H25NO/c21-19(18-11-4-5-12-18,17-9-2-1-3-10-17)13-8-16-20-14-6-7-15-20/h1-3,9-10,18,21H,4-7,11-12,14-16H2. The van der Waals surface area contributed by atoms with Gasteiger partial charge in [0.2, 0.25) is 0 Å². The fraction of sp³-hybridized carbons (Fsp3) is 0.579. The van der Waals surface area contributed by atoms with Gasteiger partial charge in [-0.25, -0.2) is 0 Å². The quantitative estimate of drug-likeness (QED) is 0.861. The Morgan fingerprint density at radius 2 is 1.71 bits per heavy atom. The van der Waals surface area contributed by atoms with E-state index in [1.165, 1.54) is 25.7 Å². The van der Waals surface area contributed by atoms with E-state index in [1.807, 2.05) is 30.3 Å². The number of hydrogen-bond acceptors (Lipinski definition) is 2. The van der Waals surface area contributed by atoms with Crippen LogP contribution >= 0.6 is 0 Å². The van der Waals surface area contributed by atoms with E-state index in [1.54, 1.807) is 0 Å². The molecule has 21 heavy (non-hydrogen) atoms. The van der Waals surface area contributed by atoms with Gasteiger partial charge in [-0.2, -0.15) is 0 Å². The van der Waals surface area contributed by atoms with Gasteiger partial charge < -0.3 is 5.11 Å². The molecule has 1 aromatic carbocycles. The van der Waals surface area contributed by atoms with Crippen molar-refractivity contribution in [2.45, 2.75) is 44.1 Å². The van der Waals surface area contributed by atoms with E-state index in [9.17, 15) is 5.11 Å². The van der Waals surface area contributed by atoms with Crippen LogP contribution in [0, 0.1) is 17.8 Å². The topological polar surface area (TPSA) is 23.5 Å². The van der Waals surface area contributed by atoms with Crippen molar-refractivity contribution in [3.05, 3.63) is 35.9 Å². The average molecular weight is 283 g/mol. The van der Waals surface area contributed by atoms with E-state index in [2.05, 4.69) is 16.7 Å². The highest BCUT2D eigenvalue weighted by Gasteiger charge is 2.38. The van der Waals surface area contributed by atoms with Crippen molar-refractivity contribution in [2.24, 2.45) is 5.92 Å². The van der Waals surface area contributed by atoms with E-state index in [4.69, 9.17) is 0 Å². The van der Waals surface area contributed by atoms with Gasteiger partial charge in [0, 0.05) is 5.92 Å². The molecule has 0 spiro atoms. The molecule has 2 heteroatoms. The van der Waals surface area contributed by atoms with Crippen molar-refractivity contribution in [2.75, 3.05) is 19.6 Å². The Balaban J connectivity index is 1.80. The summed E-state index contributed by atoms with van der Waals surface area (Å²) in [5.74, 6) is 6.80. The Morgan fingerprint density at radius 1 is 1.05 bits per heavy atom. The minimum atomic E-state index is -0.961. The first-order valence-electron chi connectivity index (χ1n) is 8.29. The zero-order chi connectivity index (χ0) is 14.5. The average Bonchev–Trinajstić information content (AvgIpc) is 3.21. The molecule has 112 valence electrons. The molecule has 1 N–H and O–H groups in total. The highest BCUT2D eigenvalue weighted by Crippen LogP contribution is 2.40. The predicted molar refractivity (Wildman–Crippen MR) is 85.7 cm³/mol. The fourth-order valence-corrected chi connectivity index (χ4v) is 3.67. The normalized spacial score (nSPS) is 22.7. The van der Waals surface area contributed by atoms with Gasteiger partial charge in [-0.3, -0.25) is 4.90 Å². The number of aliphatic hydroxyl groups is 1. The molecule has 1 heterocycles. The second-order valence-electron chi connectivity index (χ2n) is 6.40. The molecule has 1 saturated heterocycles. The molecule has 3 rings (SSSR count). The Hall–Kier alpha value is -1.30. The van der Waals surface area contributed by atoms with E-state index >= 15 is 0 Å². The van der Waals surface area contributed by atoms with E-state index in [0.717, 1.165) is 38.0 Å². The SMILES string of the molecule is OC(C#CCN1CCCC1)(c1ccccc1)C1CCCC1. The first-order chi connectivity index (χ1) is 10.3. The van der Waals surface area contributed by atoms with Gasteiger partial charge in [0.1, 0.15) is 0 Å².